The molecule has 0 aromatic heterocycles. The molecule has 0 unspecified atom stereocenters. The number of hydrogen-bond donors (Lipinski definition) is 2. The van der Waals surface area contributed by atoms with Gasteiger partial charge in [-0.1, -0.05) is 6.42 Å². The van der Waals surface area contributed by atoms with Crippen molar-refractivity contribution in [3.63, 3.8) is 0 Å². The second-order valence-corrected chi connectivity index (χ2v) is 7.12. The van der Waals surface area contributed by atoms with E-state index in [1.54, 1.807) is 12.3 Å². The van der Waals surface area contributed by atoms with Crippen molar-refractivity contribution < 1.29 is 13.9 Å². The average molecular weight is 381 g/mol. The third-order valence-electron chi connectivity index (χ3n) is 5.13. The number of fused-ring (bicyclic) bond motifs is 1. The number of halogens is 1. The zero-order valence-corrected chi connectivity index (χ0v) is 15.7. The number of nitrogens with one attached hydrogen (secondary N) is 2. The van der Waals surface area contributed by atoms with Crippen LogP contribution in [0.15, 0.2) is 48.7 Å². The molecule has 4 rings (SSSR count). The van der Waals surface area contributed by atoms with Crippen molar-refractivity contribution in [2.24, 2.45) is 0 Å². The molecular formula is C22H24FN3O2. The monoisotopic (exact) mass is 381 g/mol. The lowest BCUT2D eigenvalue weighted by atomic mass is 10.1. The number of amides is 1. The molecule has 0 radical (unpaired) electrons. The van der Waals surface area contributed by atoms with Crippen molar-refractivity contribution in [1.82, 2.24) is 4.90 Å². The van der Waals surface area contributed by atoms with Crippen molar-refractivity contribution in [2.45, 2.75) is 19.3 Å². The Kier molecular flexibility index (Phi) is 5.58. The number of rotatable bonds is 6. The molecule has 2 aromatic carbocycles. The number of carbonyl (C=O) groups is 1. The summed E-state index contributed by atoms with van der Waals surface area (Å²) in [5.41, 5.74) is 2.52. The fourth-order valence-corrected chi connectivity index (χ4v) is 3.59. The van der Waals surface area contributed by atoms with Gasteiger partial charge < -0.3 is 15.4 Å². The quantitative estimate of drug-likeness (QED) is 0.740. The molecule has 2 N–H and O–H groups in total. The highest BCUT2D eigenvalue weighted by molar-refractivity contribution is 6.31. The highest BCUT2D eigenvalue weighted by atomic mass is 19.1. The Bertz CT molecular complexity index is 874. The molecule has 1 saturated heterocycles. The standard InChI is InChI=1S/C22H24FN3O2/c23-16-4-9-19-20(22(27)25-21(19)14-16)15-24-17-5-7-18(8-6-17)28-13-12-26-10-2-1-3-11-26/h4-9,14-15,24H,1-3,10-13H2,(H,25,27). The SMILES string of the molecule is O=C1Nc2cc(F)ccc2C1=CNc1ccc(OCCN2CCCCC2)cc1. The van der Waals surface area contributed by atoms with Gasteiger partial charge in [0.15, 0.2) is 0 Å². The van der Waals surface area contributed by atoms with Crippen molar-refractivity contribution in [3.8, 4) is 5.75 Å². The van der Waals surface area contributed by atoms with E-state index in [9.17, 15) is 9.18 Å². The van der Waals surface area contributed by atoms with E-state index in [2.05, 4.69) is 15.5 Å². The maximum Gasteiger partial charge on any atom is 0.257 e. The smallest absolute Gasteiger partial charge is 0.257 e. The van der Waals surface area contributed by atoms with E-state index in [4.69, 9.17) is 4.74 Å². The maximum absolute atomic E-state index is 13.3. The fraction of sp³-hybridized carbons (Fsp3) is 0.318. The zero-order chi connectivity index (χ0) is 19.3. The molecule has 0 saturated carbocycles. The predicted octanol–water partition coefficient (Wildman–Crippen LogP) is 4.10. The lowest BCUT2D eigenvalue weighted by Crippen LogP contribution is -2.33. The number of anilines is 2. The predicted molar refractivity (Wildman–Crippen MR) is 109 cm³/mol. The first kappa shape index (κ1) is 18.5. The molecule has 2 heterocycles. The number of nitrogens with zero attached hydrogens (tertiary/aromatic N) is 1. The van der Waals surface area contributed by atoms with E-state index >= 15 is 0 Å². The van der Waals surface area contributed by atoms with Gasteiger partial charge in [0.1, 0.15) is 18.2 Å². The summed E-state index contributed by atoms with van der Waals surface area (Å²) < 4.78 is 19.1. The summed E-state index contributed by atoms with van der Waals surface area (Å²) in [4.78, 5) is 14.5. The van der Waals surface area contributed by atoms with Crippen LogP contribution >= 0.6 is 0 Å². The number of ether oxygens (including phenoxy) is 1. The Labute approximate surface area is 164 Å². The highest BCUT2D eigenvalue weighted by Crippen LogP contribution is 2.32. The number of likely N-dealkylation sites (tertiary alicyclic amines) is 1. The molecule has 1 fully saturated rings. The van der Waals surface area contributed by atoms with E-state index in [0.29, 0.717) is 23.4 Å². The summed E-state index contributed by atoms with van der Waals surface area (Å²) in [6.45, 7) is 3.99. The minimum absolute atomic E-state index is 0.245. The molecule has 0 bridgehead atoms. The van der Waals surface area contributed by atoms with Gasteiger partial charge in [-0.05, 0) is 68.4 Å². The Hall–Kier alpha value is -2.86. The zero-order valence-electron chi connectivity index (χ0n) is 15.7. The van der Waals surface area contributed by atoms with Gasteiger partial charge in [-0.2, -0.15) is 0 Å². The van der Waals surface area contributed by atoms with Gasteiger partial charge in [0.25, 0.3) is 5.91 Å². The van der Waals surface area contributed by atoms with Crippen LogP contribution < -0.4 is 15.4 Å². The van der Waals surface area contributed by atoms with E-state index in [-0.39, 0.29) is 11.7 Å². The molecule has 1 amide bonds. The van der Waals surface area contributed by atoms with Crippen molar-refractivity contribution >= 4 is 22.9 Å². The molecule has 5 nitrogen and oxygen atoms in total. The van der Waals surface area contributed by atoms with Crippen molar-refractivity contribution in [2.75, 3.05) is 36.9 Å². The van der Waals surface area contributed by atoms with Gasteiger partial charge in [0, 0.05) is 24.0 Å². The van der Waals surface area contributed by atoms with Crippen molar-refractivity contribution in [1.29, 1.82) is 0 Å². The summed E-state index contributed by atoms with van der Waals surface area (Å²) in [5.74, 6) is 0.213. The van der Waals surface area contributed by atoms with Crippen LogP contribution in [-0.4, -0.2) is 37.0 Å². The maximum atomic E-state index is 13.3. The molecule has 0 atom stereocenters. The van der Waals surface area contributed by atoms with Gasteiger partial charge >= 0.3 is 0 Å². The normalized spacial score (nSPS) is 18.0. The first-order valence-corrected chi connectivity index (χ1v) is 9.72. The summed E-state index contributed by atoms with van der Waals surface area (Å²) >= 11 is 0. The third kappa shape index (κ3) is 4.34. The fourth-order valence-electron chi connectivity index (χ4n) is 3.59. The molecule has 0 aliphatic carbocycles. The largest absolute Gasteiger partial charge is 0.492 e. The van der Waals surface area contributed by atoms with Gasteiger partial charge in [-0.15, -0.1) is 0 Å². The Morgan fingerprint density at radius 3 is 2.68 bits per heavy atom. The second kappa shape index (κ2) is 8.44. The lowest BCUT2D eigenvalue weighted by molar-refractivity contribution is -0.110. The van der Waals surface area contributed by atoms with Crippen LogP contribution in [0.4, 0.5) is 15.8 Å². The molecule has 0 spiro atoms. The lowest BCUT2D eigenvalue weighted by Gasteiger charge is -2.26. The molecule has 2 aromatic rings. The van der Waals surface area contributed by atoms with Crippen LogP contribution in [0, 0.1) is 5.82 Å². The van der Waals surface area contributed by atoms with Crippen molar-refractivity contribution in [3.05, 3.63) is 60.0 Å². The van der Waals surface area contributed by atoms with Crippen LogP contribution in [0.2, 0.25) is 0 Å². The van der Waals surface area contributed by atoms with Crippen LogP contribution in [0.1, 0.15) is 24.8 Å². The van der Waals surface area contributed by atoms with Crippen LogP contribution in [0.5, 0.6) is 5.75 Å². The molecular weight excluding hydrogens is 357 g/mol. The van der Waals surface area contributed by atoms with Gasteiger partial charge in [-0.3, -0.25) is 9.69 Å². The van der Waals surface area contributed by atoms with Crippen LogP contribution in [0.25, 0.3) is 5.57 Å². The number of hydrogen-bond acceptors (Lipinski definition) is 4. The summed E-state index contributed by atoms with van der Waals surface area (Å²) in [6.07, 6.45) is 5.55. The Morgan fingerprint density at radius 1 is 1.11 bits per heavy atom. The van der Waals surface area contributed by atoms with Crippen LogP contribution in [-0.2, 0) is 4.79 Å². The minimum atomic E-state index is -0.371. The minimum Gasteiger partial charge on any atom is -0.492 e. The van der Waals surface area contributed by atoms with Gasteiger partial charge in [0.2, 0.25) is 0 Å². The topological polar surface area (TPSA) is 53.6 Å². The van der Waals surface area contributed by atoms with E-state index in [1.807, 2.05) is 24.3 Å². The van der Waals surface area contributed by atoms with E-state index < -0.39 is 0 Å². The van der Waals surface area contributed by atoms with E-state index in [0.717, 1.165) is 18.0 Å². The number of piperidine rings is 1. The molecule has 146 valence electrons. The number of carbonyl (C=O) groups excluding carboxylic acids is 1. The second-order valence-electron chi connectivity index (χ2n) is 7.12. The molecule has 2 aliphatic heterocycles. The third-order valence-corrected chi connectivity index (χ3v) is 5.13. The Morgan fingerprint density at radius 2 is 1.89 bits per heavy atom. The highest BCUT2D eigenvalue weighted by Gasteiger charge is 2.24. The van der Waals surface area contributed by atoms with E-state index in [1.165, 1.54) is 44.5 Å². The molecule has 6 heteroatoms. The summed E-state index contributed by atoms with van der Waals surface area (Å²) in [7, 11) is 0. The first-order chi connectivity index (χ1) is 13.7. The summed E-state index contributed by atoms with van der Waals surface area (Å²) in [6, 6.07) is 11.9. The molecule has 2 aliphatic rings. The average Bonchev–Trinajstić information content (AvgIpc) is 3.02. The number of benzene rings is 2. The summed E-state index contributed by atoms with van der Waals surface area (Å²) in [5, 5.41) is 5.80. The Balaban J connectivity index is 1.32. The first-order valence-electron chi connectivity index (χ1n) is 9.72. The molecule has 28 heavy (non-hydrogen) atoms. The van der Waals surface area contributed by atoms with Gasteiger partial charge in [-0.25, -0.2) is 4.39 Å². The van der Waals surface area contributed by atoms with Gasteiger partial charge in [0.05, 0.1) is 11.3 Å². The van der Waals surface area contributed by atoms with Crippen LogP contribution in [0.3, 0.4) is 0 Å².